The summed E-state index contributed by atoms with van der Waals surface area (Å²) in [7, 11) is 0. The number of carbonyl (C=O) groups is 1. The largest absolute Gasteiger partial charge is 0.417 e. The summed E-state index contributed by atoms with van der Waals surface area (Å²) in [4.78, 5) is 18.3. The van der Waals surface area contributed by atoms with E-state index in [0.29, 0.717) is 25.2 Å². The van der Waals surface area contributed by atoms with Gasteiger partial charge in [0.25, 0.3) is 0 Å². The number of fused-ring (bicyclic) bond motifs is 3. The monoisotopic (exact) mass is 395 g/mol. The van der Waals surface area contributed by atoms with Crippen LogP contribution in [0, 0.1) is 0 Å². The molecule has 10 heteroatoms. The van der Waals surface area contributed by atoms with Gasteiger partial charge >= 0.3 is 12.2 Å². The van der Waals surface area contributed by atoms with Gasteiger partial charge in [-0.05, 0) is 35.7 Å². The Kier molecular flexibility index (Phi) is 4.18. The summed E-state index contributed by atoms with van der Waals surface area (Å²) in [6.45, 7) is 0.748. The molecule has 3 aromatic rings. The predicted molar refractivity (Wildman–Crippen MR) is 93.5 cm³/mol. The van der Waals surface area contributed by atoms with Crippen molar-refractivity contribution in [3.05, 3.63) is 52.3 Å². The molecule has 1 aliphatic rings. The highest BCUT2D eigenvalue weighted by atomic mass is 35.5. The van der Waals surface area contributed by atoms with Gasteiger partial charge in [0.1, 0.15) is 0 Å². The summed E-state index contributed by atoms with van der Waals surface area (Å²) < 4.78 is 38.9. The second-order valence-corrected chi connectivity index (χ2v) is 6.60. The number of anilines is 1. The number of aromatic nitrogens is 3. The fraction of sp³-hybridized carbons (Fsp3) is 0.235. The highest BCUT2D eigenvalue weighted by molar-refractivity contribution is 6.31. The normalized spacial score (nSPS) is 14.3. The number of benzene rings is 1. The van der Waals surface area contributed by atoms with Gasteiger partial charge in [0.2, 0.25) is 0 Å². The van der Waals surface area contributed by atoms with Crippen molar-refractivity contribution in [1.29, 1.82) is 0 Å². The first-order chi connectivity index (χ1) is 12.8. The third-order valence-electron chi connectivity index (χ3n) is 4.48. The smallest absolute Gasteiger partial charge is 0.320 e. The maximum atomic E-state index is 13.0. The lowest BCUT2D eigenvalue weighted by Gasteiger charge is -2.29. The second kappa shape index (κ2) is 6.41. The summed E-state index contributed by atoms with van der Waals surface area (Å²) in [5, 5.41) is 9.78. The first kappa shape index (κ1) is 17.6. The van der Waals surface area contributed by atoms with Crippen LogP contribution in [0.5, 0.6) is 0 Å². The van der Waals surface area contributed by atoms with E-state index in [1.54, 1.807) is 12.4 Å². The van der Waals surface area contributed by atoms with Crippen LogP contribution in [0.4, 0.5) is 23.7 Å². The van der Waals surface area contributed by atoms with Gasteiger partial charge in [-0.2, -0.15) is 18.3 Å². The van der Waals surface area contributed by atoms with E-state index in [4.69, 9.17) is 11.6 Å². The maximum Gasteiger partial charge on any atom is 0.417 e. The van der Waals surface area contributed by atoms with Crippen LogP contribution in [0.2, 0.25) is 5.02 Å². The van der Waals surface area contributed by atoms with E-state index in [1.165, 1.54) is 11.0 Å². The Labute approximate surface area is 156 Å². The number of urea groups is 1. The van der Waals surface area contributed by atoms with E-state index in [0.717, 1.165) is 28.6 Å². The molecule has 6 nitrogen and oxygen atoms in total. The van der Waals surface area contributed by atoms with E-state index >= 15 is 0 Å². The number of hydrogen-bond donors (Lipinski definition) is 2. The van der Waals surface area contributed by atoms with Gasteiger partial charge in [-0.3, -0.25) is 5.10 Å². The lowest BCUT2D eigenvalue weighted by molar-refractivity contribution is -0.137. The number of halogens is 4. The van der Waals surface area contributed by atoms with Crippen molar-refractivity contribution in [2.75, 3.05) is 11.9 Å². The Morgan fingerprint density at radius 1 is 1.30 bits per heavy atom. The van der Waals surface area contributed by atoms with E-state index < -0.39 is 22.8 Å². The highest BCUT2D eigenvalue weighted by Crippen LogP contribution is 2.36. The van der Waals surface area contributed by atoms with Crippen LogP contribution >= 0.6 is 11.6 Å². The maximum absolute atomic E-state index is 13.0. The molecule has 0 saturated carbocycles. The van der Waals surface area contributed by atoms with E-state index in [9.17, 15) is 18.0 Å². The average Bonchev–Trinajstić information content (AvgIpc) is 3.11. The van der Waals surface area contributed by atoms with Gasteiger partial charge in [0.05, 0.1) is 16.8 Å². The zero-order valence-electron chi connectivity index (χ0n) is 13.8. The average molecular weight is 396 g/mol. The molecule has 1 aliphatic heterocycles. The lowest BCUT2D eigenvalue weighted by atomic mass is 9.99. The number of carbonyl (C=O) groups excluding carboxylic acids is 1. The summed E-state index contributed by atoms with van der Waals surface area (Å²) in [5.41, 5.74) is 1.69. The molecular formula is C17H13ClF3N5O. The van der Waals surface area contributed by atoms with Gasteiger partial charge in [0.15, 0.2) is 5.65 Å². The van der Waals surface area contributed by atoms with Crippen LogP contribution in [0.1, 0.15) is 16.7 Å². The molecular weight excluding hydrogens is 383 g/mol. The molecule has 0 radical (unpaired) electrons. The van der Waals surface area contributed by atoms with Crippen molar-refractivity contribution in [3.63, 3.8) is 0 Å². The first-order valence-electron chi connectivity index (χ1n) is 8.05. The predicted octanol–water partition coefficient (Wildman–Crippen LogP) is 4.22. The minimum atomic E-state index is -4.59. The van der Waals surface area contributed by atoms with E-state index in [2.05, 4.69) is 20.5 Å². The first-order valence-corrected chi connectivity index (χ1v) is 8.43. The Morgan fingerprint density at radius 2 is 2.11 bits per heavy atom. The Balaban J connectivity index is 1.53. The number of rotatable bonds is 1. The van der Waals surface area contributed by atoms with Gasteiger partial charge in [0, 0.05) is 30.4 Å². The quantitative estimate of drug-likeness (QED) is 0.648. The van der Waals surface area contributed by atoms with Gasteiger partial charge < -0.3 is 10.2 Å². The Bertz CT molecular complexity index is 1030. The zero-order valence-corrected chi connectivity index (χ0v) is 14.5. The Hall–Kier alpha value is -2.81. The van der Waals surface area contributed by atoms with Crippen LogP contribution < -0.4 is 5.32 Å². The zero-order chi connectivity index (χ0) is 19.2. The van der Waals surface area contributed by atoms with Gasteiger partial charge in [-0.25, -0.2) is 9.78 Å². The highest BCUT2D eigenvalue weighted by Gasteiger charge is 2.33. The molecule has 3 heterocycles. The minimum absolute atomic E-state index is 0.0333. The number of pyridine rings is 1. The van der Waals surface area contributed by atoms with Crippen molar-refractivity contribution in [3.8, 4) is 0 Å². The summed E-state index contributed by atoms with van der Waals surface area (Å²) >= 11 is 5.60. The fourth-order valence-electron chi connectivity index (χ4n) is 3.15. The van der Waals surface area contributed by atoms with Crippen molar-refractivity contribution in [2.24, 2.45) is 0 Å². The standard InChI is InChI=1S/C17H13ClF3N5O/c18-14-2-1-10(5-13(14)17(19,20)21)24-16(27)26-4-3-11-9(8-26)6-22-15-12(11)7-23-25-15/h1-2,5-7H,3-4,8H2,(H,24,27)(H,22,23,25). The van der Waals surface area contributed by atoms with Crippen molar-refractivity contribution in [2.45, 2.75) is 19.1 Å². The molecule has 0 atom stereocenters. The van der Waals surface area contributed by atoms with Crippen molar-refractivity contribution < 1.29 is 18.0 Å². The molecule has 27 heavy (non-hydrogen) atoms. The topological polar surface area (TPSA) is 73.9 Å². The SMILES string of the molecule is O=C(Nc1ccc(Cl)c(C(F)(F)F)c1)N1CCc2c(cnc3[nH]ncc23)C1. The van der Waals surface area contributed by atoms with Crippen LogP contribution in [-0.2, 0) is 19.1 Å². The van der Waals surface area contributed by atoms with Crippen LogP contribution in [0.15, 0.2) is 30.6 Å². The molecule has 1 aromatic carbocycles. The van der Waals surface area contributed by atoms with Crippen LogP contribution in [0.25, 0.3) is 11.0 Å². The van der Waals surface area contributed by atoms with Crippen LogP contribution in [-0.4, -0.2) is 32.7 Å². The third kappa shape index (κ3) is 3.30. The molecule has 2 N–H and O–H groups in total. The third-order valence-corrected chi connectivity index (χ3v) is 4.81. The molecule has 0 saturated heterocycles. The number of nitrogens with one attached hydrogen (secondary N) is 2. The molecule has 140 valence electrons. The fourth-order valence-corrected chi connectivity index (χ4v) is 3.38. The number of amides is 2. The van der Waals surface area contributed by atoms with Crippen LogP contribution in [0.3, 0.4) is 0 Å². The lowest BCUT2D eigenvalue weighted by Crippen LogP contribution is -2.39. The molecule has 0 aliphatic carbocycles. The summed E-state index contributed by atoms with van der Waals surface area (Å²) in [6.07, 6.45) is -0.609. The number of H-pyrrole nitrogens is 1. The van der Waals surface area contributed by atoms with Crippen molar-refractivity contribution >= 4 is 34.4 Å². The van der Waals surface area contributed by atoms with Crippen molar-refractivity contribution in [1.82, 2.24) is 20.1 Å². The summed E-state index contributed by atoms with van der Waals surface area (Å²) in [6, 6.07) is 2.80. The molecule has 0 unspecified atom stereocenters. The van der Waals surface area contributed by atoms with E-state index in [-0.39, 0.29) is 5.69 Å². The number of hydrogen-bond acceptors (Lipinski definition) is 3. The Morgan fingerprint density at radius 3 is 2.89 bits per heavy atom. The number of nitrogens with zero attached hydrogens (tertiary/aromatic N) is 3. The van der Waals surface area contributed by atoms with Gasteiger partial charge in [-0.1, -0.05) is 11.6 Å². The number of aromatic amines is 1. The number of alkyl halides is 3. The molecule has 0 spiro atoms. The van der Waals surface area contributed by atoms with Gasteiger partial charge in [-0.15, -0.1) is 0 Å². The minimum Gasteiger partial charge on any atom is -0.320 e. The molecule has 4 rings (SSSR count). The van der Waals surface area contributed by atoms with E-state index in [1.807, 2.05) is 0 Å². The molecule has 2 amide bonds. The summed E-state index contributed by atoms with van der Waals surface area (Å²) in [5.74, 6) is 0. The molecule has 2 aromatic heterocycles. The molecule has 0 bridgehead atoms. The molecule has 0 fully saturated rings. The second-order valence-electron chi connectivity index (χ2n) is 6.19.